The fourth-order valence-electron chi connectivity index (χ4n) is 3.72. The summed E-state index contributed by atoms with van der Waals surface area (Å²) in [7, 11) is 0. The molecule has 0 unspecified atom stereocenters. The Morgan fingerprint density at radius 2 is 1.84 bits per heavy atom. The van der Waals surface area contributed by atoms with E-state index in [4.69, 9.17) is 19.6 Å². The number of nitrogens with two attached hydrogens (primary N) is 1. The number of carbonyl (C=O) groups is 1. The van der Waals surface area contributed by atoms with Crippen LogP contribution in [0.25, 0.3) is 22.1 Å². The summed E-state index contributed by atoms with van der Waals surface area (Å²) in [5.74, 6) is 0.480. The molecule has 6 nitrogen and oxygen atoms in total. The van der Waals surface area contributed by atoms with E-state index >= 15 is 0 Å². The first-order valence-electron chi connectivity index (χ1n) is 10.5. The van der Waals surface area contributed by atoms with Crippen molar-refractivity contribution in [2.45, 2.75) is 26.5 Å². The van der Waals surface area contributed by atoms with Crippen LogP contribution in [-0.2, 0) is 29.1 Å². The van der Waals surface area contributed by atoms with Crippen molar-refractivity contribution < 1.29 is 23.8 Å². The highest BCUT2D eigenvalue weighted by molar-refractivity contribution is 5.95. The van der Waals surface area contributed by atoms with Crippen LogP contribution < -0.4 is 10.5 Å². The minimum atomic E-state index is -0.291. The van der Waals surface area contributed by atoms with Gasteiger partial charge in [0.2, 0.25) is 0 Å². The molecule has 0 fully saturated rings. The van der Waals surface area contributed by atoms with E-state index < -0.39 is 0 Å². The molecule has 1 aromatic heterocycles. The lowest BCUT2D eigenvalue weighted by molar-refractivity contribution is -0.142. The first-order valence-corrected chi connectivity index (χ1v) is 10.5. The van der Waals surface area contributed by atoms with Gasteiger partial charge in [-0.15, -0.1) is 0 Å². The van der Waals surface area contributed by atoms with Gasteiger partial charge in [0.15, 0.2) is 0 Å². The first-order chi connectivity index (χ1) is 15.6. The van der Waals surface area contributed by atoms with Crippen molar-refractivity contribution in [2.24, 2.45) is 5.73 Å². The van der Waals surface area contributed by atoms with Crippen LogP contribution in [0.15, 0.2) is 71.3 Å². The SMILES string of the molecule is CCOC(=O)Cc1ccccc1OCc1cc(-c2cccc(CN)c2O)c2occc2c1. The Bertz CT molecular complexity index is 1240. The Balaban J connectivity index is 1.65. The number of aromatic hydroxyl groups is 1. The highest BCUT2D eigenvalue weighted by Gasteiger charge is 2.16. The maximum atomic E-state index is 11.9. The number of rotatable bonds is 8. The summed E-state index contributed by atoms with van der Waals surface area (Å²) in [6.45, 7) is 2.64. The van der Waals surface area contributed by atoms with Crippen LogP contribution in [0.3, 0.4) is 0 Å². The molecule has 6 heteroatoms. The number of hydrogen-bond acceptors (Lipinski definition) is 6. The third-order valence-corrected chi connectivity index (χ3v) is 5.25. The molecule has 3 N–H and O–H groups in total. The lowest BCUT2D eigenvalue weighted by Crippen LogP contribution is -2.09. The molecule has 0 aliphatic carbocycles. The second kappa shape index (κ2) is 9.58. The lowest BCUT2D eigenvalue weighted by Gasteiger charge is -2.13. The average Bonchev–Trinajstić information content (AvgIpc) is 3.27. The van der Waals surface area contributed by atoms with Gasteiger partial charge in [-0.3, -0.25) is 4.79 Å². The molecule has 4 aromatic rings. The number of esters is 1. The number of fused-ring (bicyclic) bond motifs is 1. The third kappa shape index (κ3) is 4.45. The van der Waals surface area contributed by atoms with Gasteiger partial charge in [0, 0.05) is 34.2 Å². The molecular formula is C26H25NO5. The second-order valence-electron chi connectivity index (χ2n) is 7.38. The number of para-hydroxylation sites is 2. The summed E-state index contributed by atoms with van der Waals surface area (Å²) < 4.78 is 16.8. The minimum absolute atomic E-state index is 0.144. The summed E-state index contributed by atoms with van der Waals surface area (Å²) in [6, 6.07) is 18.7. The minimum Gasteiger partial charge on any atom is -0.507 e. The number of benzene rings is 3. The molecule has 164 valence electrons. The normalized spacial score (nSPS) is 10.9. The maximum Gasteiger partial charge on any atom is 0.310 e. The summed E-state index contributed by atoms with van der Waals surface area (Å²) in [4.78, 5) is 11.9. The second-order valence-corrected chi connectivity index (χ2v) is 7.38. The Hall–Kier alpha value is -3.77. The van der Waals surface area contributed by atoms with Crippen molar-refractivity contribution in [1.29, 1.82) is 0 Å². The molecule has 0 aliphatic rings. The molecule has 0 spiro atoms. The highest BCUT2D eigenvalue weighted by Crippen LogP contribution is 2.38. The van der Waals surface area contributed by atoms with Gasteiger partial charge in [-0.05, 0) is 36.8 Å². The van der Waals surface area contributed by atoms with Crippen LogP contribution in [0.1, 0.15) is 23.6 Å². The van der Waals surface area contributed by atoms with E-state index in [9.17, 15) is 9.90 Å². The topological polar surface area (TPSA) is 94.9 Å². The van der Waals surface area contributed by atoms with Crippen LogP contribution >= 0.6 is 0 Å². The molecule has 1 heterocycles. The fourth-order valence-corrected chi connectivity index (χ4v) is 3.72. The van der Waals surface area contributed by atoms with Crippen LogP contribution in [0.5, 0.6) is 11.5 Å². The molecule has 0 atom stereocenters. The van der Waals surface area contributed by atoms with E-state index in [0.717, 1.165) is 22.1 Å². The first kappa shape index (κ1) is 21.5. The van der Waals surface area contributed by atoms with E-state index in [1.165, 1.54) is 0 Å². The maximum absolute atomic E-state index is 11.9. The number of phenolic OH excluding ortho intramolecular Hbond substituents is 1. The van der Waals surface area contributed by atoms with Crippen molar-refractivity contribution >= 4 is 16.9 Å². The molecule has 0 saturated heterocycles. The molecule has 3 aromatic carbocycles. The quantitative estimate of drug-likeness (QED) is 0.383. The number of carbonyl (C=O) groups excluding carboxylic acids is 1. The van der Waals surface area contributed by atoms with Gasteiger partial charge in [0.1, 0.15) is 23.7 Å². The zero-order valence-corrected chi connectivity index (χ0v) is 17.8. The monoisotopic (exact) mass is 431 g/mol. The Morgan fingerprint density at radius 3 is 2.66 bits per heavy atom. The Labute approximate surface area is 186 Å². The van der Waals surface area contributed by atoms with E-state index in [1.54, 1.807) is 19.3 Å². The van der Waals surface area contributed by atoms with Crippen molar-refractivity contribution in [3.63, 3.8) is 0 Å². The zero-order chi connectivity index (χ0) is 22.5. The Morgan fingerprint density at radius 1 is 1.03 bits per heavy atom. The molecular weight excluding hydrogens is 406 g/mol. The summed E-state index contributed by atoms with van der Waals surface area (Å²) in [6.07, 6.45) is 1.77. The van der Waals surface area contributed by atoms with Crippen LogP contribution in [0.2, 0.25) is 0 Å². The van der Waals surface area contributed by atoms with Crippen LogP contribution in [-0.4, -0.2) is 17.7 Å². The van der Waals surface area contributed by atoms with Crippen molar-refractivity contribution in [2.75, 3.05) is 6.61 Å². The van der Waals surface area contributed by atoms with Crippen molar-refractivity contribution in [1.82, 2.24) is 0 Å². The summed E-state index contributed by atoms with van der Waals surface area (Å²) in [5, 5.41) is 11.6. The molecule has 4 rings (SSSR count). The summed E-state index contributed by atoms with van der Waals surface area (Å²) in [5.41, 5.74) is 10.2. The number of hydrogen-bond donors (Lipinski definition) is 2. The summed E-state index contributed by atoms with van der Waals surface area (Å²) >= 11 is 0. The zero-order valence-electron chi connectivity index (χ0n) is 17.8. The molecule has 0 radical (unpaired) electrons. The fraction of sp³-hybridized carbons (Fsp3) is 0.192. The smallest absolute Gasteiger partial charge is 0.310 e. The van der Waals surface area contributed by atoms with Gasteiger partial charge in [0.25, 0.3) is 0 Å². The number of phenols is 1. The van der Waals surface area contributed by atoms with E-state index in [0.29, 0.717) is 29.1 Å². The predicted molar refractivity (Wildman–Crippen MR) is 122 cm³/mol. The van der Waals surface area contributed by atoms with Crippen LogP contribution in [0, 0.1) is 0 Å². The largest absolute Gasteiger partial charge is 0.507 e. The van der Waals surface area contributed by atoms with Gasteiger partial charge in [-0.25, -0.2) is 0 Å². The number of furan rings is 1. The van der Waals surface area contributed by atoms with E-state index in [2.05, 4.69) is 0 Å². The average molecular weight is 431 g/mol. The van der Waals surface area contributed by atoms with Gasteiger partial charge < -0.3 is 24.7 Å². The van der Waals surface area contributed by atoms with Crippen molar-refractivity contribution in [3.05, 3.63) is 83.6 Å². The molecule has 32 heavy (non-hydrogen) atoms. The van der Waals surface area contributed by atoms with Gasteiger partial charge >= 0.3 is 5.97 Å². The van der Waals surface area contributed by atoms with E-state index in [-0.39, 0.29) is 31.3 Å². The van der Waals surface area contributed by atoms with Crippen LogP contribution in [0.4, 0.5) is 0 Å². The Kier molecular flexibility index (Phi) is 6.42. The van der Waals surface area contributed by atoms with Gasteiger partial charge in [0.05, 0.1) is 19.3 Å². The molecule has 0 bridgehead atoms. The lowest BCUT2D eigenvalue weighted by atomic mass is 9.97. The third-order valence-electron chi connectivity index (χ3n) is 5.25. The van der Waals surface area contributed by atoms with Crippen molar-refractivity contribution in [3.8, 4) is 22.6 Å². The van der Waals surface area contributed by atoms with Gasteiger partial charge in [-0.1, -0.05) is 36.4 Å². The molecule has 0 aliphatic heterocycles. The predicted octanol–water partition coefficient (Wildman–Crippen LogP) is 4.95. The molecule has 0 saturated carbocycles. The van der Waals surface area contributed by atoms with E-state index in [1.807, 2.05) is 54.6 Å². The standard InChI is InChI=1S/C26H25NO5/c1-2-30-24(28)14-18-6-3-4-9-23(18)32-16-17-12-19-10-11-31-26(19)22(13-17)21-8-5-7-20(15-27)25(21)29/h3-13,29H,2,14-16,27H2,1H3. The van der Waals surface area contributed by atoms with Gasteiger partial charge in [-0.2, -0.15) is 0 Å². The molecule has 0 amide bonds. The highest BCUT2D eigenvalue weighted by atomic mass is 16.5. The number of ether oxygens (including phenoxy) is 2.